The van der Waals surface area contributed by atoms with E-state index >= 15 is 0 Å². The van der Waals surface area contributed by atoms with Gasteiger partial charge in [0.15, 0.2) is 0 Å². The molecule has 0 spiro atoms. The summed E-state index contributed by atoms with van der Waals surface area (Å²) in [5.74, 6) is -1.07. The van der Waals surface area contributed by atoms with Crippen molar-refractivity contribution in [3.63, 3.8) is 0 Å². The van der Waals surface area contributed by atoms with Crippen molar-refractivity contribution in [3.05, 3.63) is 28.7 Å². The first-order chi connectivity index (χ1) is 11.2. The van der Waals surface area contributed by atoms with Crippen LogP contribution in [0.25, 0.3) is 0 Å². The van der Waals surface area contributed by atoms with E-state index in [1.807, 2.05) is 45.0 Å². The minimum atomic E-state index is -0.452. The molecule has 2 N–H and O–H groups in total. The number of amides is 3. The van der Waals surface area contributed by atoms with Crippen molar-refractivity contribution in [1.29, 1.82) is 0 Å². The molecule has 1 aromatic rings. The highest BCUT2D eigenvalue weighted by Gasteiger charge is 2.35. The molecule has 1 saturated heterocycles. The van der Waals surface area contributed by atoms with Crippen molar-refractivity contribution in [2.24, 2.45) is 5.92 Å². The second kappa shape index (κ2) is 7.34. The fraction of sp³-hybridized carbons (Fsp3) is 0.471. The molecule has 130 valence electrons. The largest absolute Gasteiger partial charge is 0.350 e. The van der Waals surface area contributed by atoms with Gasteiger partial charge in [0.1, 0.15) is 0 Å². The van der Waals surface area contributed by atoms with Gasteiger partial charge in [0.25, 0.3) is 0 Å². The normalized spacial score (nSPS) is 17.8. The van der Waals surface area contributed by atoms with Crippen LogP contribution in [0.2, 0.25) is 0 Å². The molecule has 0 aromatic heterocycles. The number of carbonyl (C=O) groups is 3. The Labute approximate surface area is 150 Å². The van der Waals surface area contributed by atoms with E-state index in [1.54, 1.807) is 4.90 Å². The first-order valence-corrected chi connectivity index (χ1v) is 8.60. The second-order valence-corrected chi connectivity index (χ2v) is 7.73. The number of benzene rings is 1. The van der Waals surface area contributed by atoms with Crippen molar-refractivity contribution < 1.29 is 14.4 Å². The smallest absolute Gasteiger partial charge is 0.239 e. The summed E-state index contributed by atoms with van der Waals surface area (Å²) in [5, 5.41) is 5.39. The van der Waals surface area contributed by atoms with Crippen molar-refractivity contribution in [3.8, 4) is 0 Å². The van der Waals surface area contributed by atoms with E-state index in [1.165, 1.54) is 0 Å². The van der Waals surface area contributed by atoms with Crippen LogP contribution in [0.5, 0.6) is 0 Å². The van der Waals surface area contributed by atoms with Gasteiger partial charge in [0.2, 0.25) is 17.7 Å². The predicted molar refractivity (Wildman–Crippen MR) is 95.5 cm³/mol. The van der Waals surface area contributed by atoms with Crippen LogP contribution in [-0.4, -0.2) is 36.3 Å². The van der Waals surface area contributed by atoms with Crippen LogP contribution < -0.4 is 15.5 Å². The van der Waals surface area contributed by atoms with Crippen molar-refractivity contribution in [1.82, 2.24) is 10.6 Å². The molecule has 0 radical (unpaired) electrons. The van der Waals surface area contributed by atoms with Gasteiger partial charge in [-0.15, -0.1) is 0 Å². The molecule has 6 nitrogen and oxygen atoms in total. The van der Waals surface area contributed by atoms with E-state index in [2.05, 4.69) is 26.6 Å². The van der Waals surface area contributed by atoms with E-state index in [0.29, 0.717) is 6.54 Å². The molecule has 0 aliphatic carbocycles. The van der Waals surface area contributed by atoms with Crippen molar-refractivity contribution >= 4 is 39.3 Å². The van der Waals surface area contributed by atoms with Gasteiger partial charge in [-0.1, -0.05) is 12.1 Å². The Balaban J connectivity index is 1.92. The molecule has 1 fully saturated rings. The maximum Gasteiger partial charge on any atom is 0.239 e. The number of hydrogen-bond donors (Lipinski definition) is 2. The van der Waals surface area contributed by atoms with Gasteiger partial charge in [-0.3, -0.25) is 14.4 Å². The van der Waals surface area contributed by atoms with Crippen LogP contribution >= 0.6 is 15.9 Å². The predicted octanol–water partition coefficient (Wildman–Crippen LogP) is 1.83. The molecule has 1 aliphatic heterocycles. The Hall–Kier alpha value is -1.89. The zero-order valence-electron chi connectivity index (χ0n) is 14.1. The summed E-state index contributed by atoms with van der Waals surface area (Å²) in [6.07, 6.45) is 0.147. The van der Waals surface area contributed by atoms with E-state index < -0.39 is 5.92 Å². The Morgan fingerprint density at radius 3 is 2.58 bits per heavy atom. The quantitative estimate of drug-likeness (QED) is 0.815. The molecule has 1 aliphatic rings. The minimum Gasteiger partial charge on any atom is -0.350 e. The van der Waals surface area contributed by atoms with Crippen LogP contribution in [0.15, 0.2) is 28.7 Å². The van der Waals surface area contributed by atoms with E-state index in [4.69, 9.17) is 0 Å². The van der Waals surface area contributed by atoms with Crippen LogP contribution in [0.4, 0.5) is 5.69 Å². The third-order valence-electron chi connectivity index (χ3n) is 3.58. The molecule has 7 heteroatoms. The van der Waals surface area contributed by atoms with Gasteiger partial charge in [-0.05, 0) is 48.8 Å². The number of carbonyl (C=O) groups excluding carboxylic acids is 3. The highest BCUT2D eigenvalue weighted by Crippen LogP contribution is 2.31. The molecule has 1 aromatic carbocycles. The molecule has 1 atom stereocenters. The van der Waals surface area contributed by atoms with Gasteiger partial charge in [-0.2, -0.15) is 0 Å². The summed E-state index contributed by atoms with van der Waals surface area (Å²) >= 11 is 3.42. The standard InChI is InChI=1S/C17H22BrN3O3/c1-17(2,3)20-14(22)9-19-16(24)11-8-15(23)21(10-11)13-7-5-4-6-12(13)18/h4-7,11H,8-10H2,1-3H3,(H,19,24)(H,20,22). The second-order valence-electron chi connectivity index (χ2n) is 6.87. The molecular formula is C17H22BrN3O3. The monoisotopic (exact) mass is 395 g/mol. The summed E-state index contributed by atoms with van der Waals surface area (Å²) in [4.78, 5) is 37.8. The molecule has 1 unspecified atom stereocenters. The first-order valence-electron chi connectivity index (χ1n) is 7.81. The number of nitrogens with zero attached hydrogens (tertiary/aromatic N) is 1. The number of halogens is 1. The lowest BCUT2D eigenvalue weighted by Crippen LogP contribution is -2.46. The first kappa shape index (κ1) is 18.4. The molecule has 0 saturated carbocycles. The summed E-state index contributed by atoms with van der Waals surface area (Å²) in [7, 11) is 0. The zero-order valence-corrected chi connectivity index (χ0v) is 15.6. The Morgan fingerprint density at radius 1 is 1.29 bits per heavy atom. The Morgan fingerprint density at radius 2 is 1.96 bits per heavy atom. The fourth-order valence-corrected chi connectivity index (χ4v) is 3.06. The number of para-hydroxylation sites is 1. The maximum absolute atomic E-state index is 12.2. The highest BCUT2D eigenvalue weighted by molar-refractivity contribution is 9.10. The lowest BCUT2D eigenvalue weighted by atomic mass is 10.1. The summed E-state index contributed by atoms with van der Waals surface area (Å²) in [6.45, 7) is 5.85. The molecule has 1 heterocycles. The summed E-state index contributed by atoms with van der Waals surface area (Å²) < 4.78 is 0.809. The van der Waals surface area contributed by atoms with E-state index in [9.17, 15) is 14.4 Å². The Kier molecular flexibility index (Phi) is 5.64. The average molecular weight is 396 g/mol. The number of hydrogen-bond acceptors (Lipinski definition) is 3. The van der Waals surface area contributed by atoms with Crippen LogP contribution in [0, 0.1) is 5.92 Å². The highest BCUT2D eigenvalue weighted by atomic mass is 79.9. The minimum absolute atomic E-state index is 0.0875. The van der Waals surface area contributed by atoms with Crippen molar-refractivity contribution in [2.45, 2.75) is 32.7 Å². The van der Waals surface area contributed by atoms with Gasteiger partial charge in [-0.25, -0.2) is 0 Å². The number of rotatable bonds is 4. The SMILES string of the molecule is CC(C)(C)NC(=O)CNC(=O)C1CC(=O)N(c2ccccc2Br)C1. The Bertz CT molecular complexity index is 655. The molecule has 24 heavy (non-hydrogen) atoms. The molecular weight excluding hydrogens is 374 g/mol. The lowest BCUT2D eigenvalue weighted by Gasteiger charge is -2.21. The summed E-state index contributed by atoms with van der Waals surface area (Å²) in [6, 6.07) is 7.40. The topological polar surface area (TPSA) is 78.5 Å². The number of anilines is 1. The van der Waals surface area contributed by atoms with Crippen LogP contribution in [0.3, 0.4) is 0 Å². The molecule has 2 rings (SSSR count). The average Bonchev–Trinajstić information content (AvgIpc) is 2.85. The third-order valence-corrected chi connectivity index (χ3v) is 4.25. The van der Waals surface area contributed by atoms with Gasteiger partial charge < -0.3 is 15.5 Å². The third kappa shape index (κ3) is 4.80. The van der Waals surface area contributed by atoms with E-state index in [-0.39, 0.29) is 36.2 Å². The lowest BCUT2D eigenvalue weighted by molar-refractivity contribution is -0.129. The molecule has 0 bridgehead atoms. The van der Waals surface area contributed by atoms with Gasteiger partial charge in [0, 0.05) is 23.0 Å². The van der Waals surface area contributed by atoms with E-state index in [0.717, 1.165) is 10.2 Å². The zero-order chi connectivity index (χ0) is 17.9. The molecule has 3 amide bonds. The van der Waals surface area contributed by atoms with Gasteiger partial charge >= 0.3 is 0 Å². The summed E-state index contributed by atoms with van der Waals surface area (Å²) in [5.41, 5.74) is 0.407. The fourth-order valence-electron chi connectivity index (χ4n) is 2.56. The van der Waals surface area contributed by atoms with Crippen molar-refractivity contribution in [2.75, 3.05) is 18.0 Å². The van der Waals surface area contributed by atoms with Crippen LogP contribution in [-0.2, 0) is 14.4 Å². The maximum atomic E-state index is 12.2. The number of nitrogens with one attached hydrogen (secondary N) is 2. The van der Waals surface area contributed by atoms with Crippen LogP contribution in [0.1, 0.15) is 27.2 Å². The van der Waals surface area contributed by atoms with Gasteiger partial charge in [0.05, 0.1) is 18.2 Å².